The van der Waals surface area contributed by atoms with E-state index in [4.69, 9.17) is 4.42 Å². The predicted octanol–water partition coefficient (Wildman–Crippen LogP) is 15.9. The highest BCUT2D eigenvalue weighted by Crippen LogP contribution is 2.68. The topological polar surface area (TPSA) is 19.6 Å². The van der Waals surface area contributed by atoms with Gasteiger partial charge in [-0.25, -0.2) is 0 Å². The Morgan fingerprint density at radius 3 is 1.52 bits per heavy atom. The summed E-state index contributed by atoms with van der Waals surface area (Å²) in [6, 6.07) is 69.8. The van der Waals surface area contributed by atoms with Crippen molar-refractivity contribution in [3.05, 3.63) is 216 Å². The first-order valence-corrected chi connectivity index (χ1v) is 22.4. The summed E-state index contributed by atoms with van der Waals surface area (Å²) < 4.78 is 6.60. The van der Waals surface area contributed by atoms with Crippen LogP contribution >= 0.6 is 0 Å². The average molecular weight is 803 g/mol. The van der Waals surface area contributed by atoms with Gasteiger partial charge in [0.15, 0.2) is 0 Å². The van der Waals surface area contributed by atoms with Gasteiger partial charge in [0.05, 0.1) is 11.4 Å². The first-order chi connectivity index (χ1) is 30.4. The molecule has 3 aliphatic carbocycles. The van der Waals surface area contributed by atoms with Gasteiger partial charge in [-0.3, -0.25) is 0 Å². The summed E-state index contributed by atoms with van der Waals surface area (Å²) in [7, 11) is 0. The lowest BCUT2D eigenvalue weighted by molar-refractivity contribution is 0.350. The van der Waals surface area contributed by atoms with Crippen molar-refractivity contribution in [2.45, 2.75) is 57.3 Å². The highest BCUT2D eigenvalue weighted by Gasteiger charge is 2.62. The Kier molecular flexibility index (Phi) is 8.41. The molecule has 0 aliphatic heterocycles. The predicted molar refractivity (Wildman–Crippen MR) is 258 cm³/mol. The zero-order valence-corrected chi connectivity index (χ0v) is 35.7. The van der Waals surface area contributed by atoms with Crippen LogP contribution in [-0.4, -0.2) is 0 Å². The first-order valence-electron chi connectivity index (χ1n) is 22.4. The Balaban J connectivity index is 1.07. The largest absolute Gasteiger partial charge is 0.456 e. The van der Waals surface area contributed by atoms with Crippen LogP contribution in [0.5, 0.6) is 0 Å². The number of hydrogen-bond donors (Lipinski definition) is 0. The molecule has 1 fully saturated rings. The second-order valence-corrected chi connectivity index (χ2v) is 18.9. The van der Waals surface area contributed by atoms with Crippen molar-refractivity contribution in [3.8, 4) is 11.1 Å². The minimum Gasteiger partial charge on any atom is -0.456 e. The van der Waals surface area contributed by atoms with Crippen LogP contribution in [0.4, 0.5) is 34.1 Å². The van der Waals surface area contributed by atoms with Gasteiger partial charge in [0.2, 0.25) is 0 Å². The molecule has 3 atom stereocenters. The van der Waals surface area contributed by atoms with Crippen LogP contribution in [0, 0.1) is 11.8 Å². The third kappa shape index (κ3) is 5.64. The van der Waals surface area contributed by atoms with E-state index in [0.29, 0.717) is 11.8 Å². The summed E-state index contributed by atoms with van der Waals surface area (Å²) in [6.07, 6.45) is 4.65. The number of furan rings is 1. The quantitative estimate of drug-likeness (QED) is 0.160. The van der Waals surface area contributed by atoms with Crippen molar-refractivity contribution in [1.29, 1.82) is 0 Å². The van der Waals surface area contributed by atoms with Gasteiger partial charge in [-0.05, 0) is 149 Å². The van der Waals surface area contributed by atoms with E-state index in [0.717, 1.165) is 46.2 Å². The minimum atomic E-state index is -0.143. The highest BCUT2D eigenvalue weighted by molar-refractivity contribution is 6.06. The van der Waals surface area contributed by atoms with E-state index in [1.165, 1.54) is 74.5 Å². The third-order valence-electron chi connectivity index (χ3n) is 14.5. The van der Waals surface area contributed by atoms with Crippen LogP contribution in [0.25, 0.3) is 33.1 Å². The minimum absolute atomic E-state index is 0.110. The normalized spacial score (nSPS) is 18.7. The summed E-state index contributed by atoms with van der Waals surface area (Å²) >= 11 is 0. The Morgan fingerprint density at radius 1 is 0.452 bits per heavy atom. The summed E-state index contributed by atoms with van der Waals surface area (Å²) in [6.45, 7) is 6.83. The van der Waals surface area contributed by atoms with Gasteiger partial charge in [0.1, 0.15) is 11.2 Å². The average Bonchev–Trinajstić information content (AvgIpc) is 4.04. The molecule has 1 saturated carbocycles. The fraction of sp³-hybridized carbons (Fsp3) is 0.186. The lowest BCUT2D eigenvalue weighted by atomic mass is 9.68. The van der Waals surface area contributed by atoms with Gasteiger partial charge in [0.25, 0.3) is 0 Å². The van der Waals surface area contributed by atoms with Crippen LogP contribution < -0.4 is 9.80 Å². The van der Waals surface area contributed by atoms with Gasteiger partial charge < -0.3 is 14.2 Å². The lowest BCUT2D eigenvalue weighted by Gasteiger charge is -2.40. The highest BCUT2D eigenvalue weighted by atomic mass is 16.3. The summed E-state index contributed by atoms with van der Waals surface area (Å²) in [4.78, 5) is 5.06. The number of anilines is 6. The Bertz CT molecular complexity index is 3070. The standard InChI is InChI=1S/C59H50N2O/c1-58(2,3)43-28-24-39(25-29-43)40-26-32-48(33-27-40)61(49-34-35-51-50-20-10-11-23-54(50)62-55(51)38-49)53-22-13-15-42-37-45-31-30-44-36-41-14-12-21-52(56(41)59(44,45)57(42)53)60(46-16-6-4-7-17-46)47-18-8-5-9-19-47/h4-29,32-35,38,44-45H,30-31,36-37H2,1-3H3. The van der Waals surface area contributed by atoms with Gasteiger partial charge in [-0.2, -0.15) is 0 Å². The molecule has 9 aromatic rings. The van der Waals surface area contributed by atoms with E-state index in [-0.39, 0.29) is 10.8 Å². The Labute approximate surface area is 364 Å². The van der Waals surface area contributed by atoms with Crippen LogP contribution in [0.3, 0.4) is 0 Å². The van der Waals surface area contributed by atoms with Crippen LogP contribution in [0.15, 0.2) is 192 Å². The fourth-order valence-corrected chi connectivity index (χ4v) is 11.9. The molecule has 1 heterocycles. The zero-order valence-electron chi connectivity index (χ0n) is 35.7. The summed E-state index contributed by atoms with van der Waals surface area (Å²) in [5, 5.41) is 2.29. The van der Waals surface area contributed by atoms with E-state index in [1.54, 1.807) is 0 Å². The number of fused-ring (bicyclic) bond motifs is 5. The number of rotatable bonds is 7. The van der Waals surface area contributed by atoms with Crippen molar-refractivity contribution in [1.82, 2.24) is 0 Å². The Hall–Kier alpha value is -6.84. The van der Waals surface area contributed by atoms with Gasteiger partial charge in [-0.15, -0.1) is 0 Å². The molecule has 3 nitrogen and oxygen atoms in total. The molecule has 1 spiro atoms. The van der Waals surface area contributed by atoms with E-state index in [2.05, 4.69) is 219 Å². The first kappa shape index (κ1) is 37.0. The second-order valence-electron chi connectivity index (χ2n) is 18.9. The molecule has 62 heavy (non-hydrogen) atoms. The third-order valence-corrected chi connectivity index (χ3v) is 14.5. The summed E-state index contributed by atoms with van der Waals surface area (Å²) in [5.41, 5.74) is 18.8. The molecular weight excluding hydrogens is 753 g/mol. The van der Waals surface area contributed by atoms with E-state index < -0.39 is 0 Å². The number of benzene rings is 8. The van der Waals surface area contributed by atoms with E-state index in [1.807, 2.05) is 0 Å². The molecule has 8 aromatic carbocycles. The molecule has 302 valence electrons. The molecule has 0 amide bonds. The Morgan fingerprint density at radius 2 is 0.935 bits per heavy atom. The fourth-order valence-electron chi connectivity index (χ4n) is 11.9. The molecule has 0 saturated heterocycles. The number of hydrogen-bond acceptors (Lipinski definition) is 3. The maximum Gasteiger partial charge on any atom is 0.137 e. The van der Waals surface area contributed by atoms with Gasteiger partial charge in [0, 0.05) is 45.0 Å². The molecular formula is C59H50N2O. The van der Waals surface area contributed by atoms with Crippen LogP contribution in [0.2, 0.25) is 0 Å². The van der Waals surface area contributed by atoms with E-state index >= 15 is 0 Å². The zero-order chi connectivity index (χ0) is 41.6. The number of para-hydroxylation sites is 3. The van der Waals surface area contributed by atoms with Crippen molar-refractivity contribution < 1.29 is 4.42 Å². The molecule has 3 heteroatoms. The maximum atomic E-state index is 6.60. The van der Waals surface area contributed by atoms with E-state index in [9.17, 15) is 0 Å². The van der Waals surface area contributed by atoms with Crippen molar-refractivity contribution in [2.24, 2.45) is 11.8 Å². The molecule has 1 aromatic heterocycles. The van der Waals surface area contributed by atoms with Crippen LogP contribution in [-0.2, 0) is 23.7 Å². The monoisotopic (exact) mass is 802 g/mol. The molecule has 3 aliphatic rings. The van der Waals surface area contributed by atoms with Crippen molar-refractivity contribution in [3.63, 3.8) is 0 Å². The second kappa shape index (κ2) is 14.1. The smallest absolute Gasteiger partial charge is 0.137 e. The van der Waals surface area contributed by atoms with Gasteiger partial charge >= 0.3 is 0 Å². The lowest BCUT2D eigenvalue weighted by Crippen LogP contribution is -2.34. The van der Waals surface area contributed by atoms with Crippen LogP contribution in [0.1, 0.15) is 61.4 Å². The molecule has 12 rings (SSSR count). The summed E-state index contributed by atoms with van der Waals surface area (Å²) in [5.74, 6) is 1.02. The van der Waals surface area contributed by atoms with Crippen molar-refractivity contribution >= 4 is 56.1 Å². The molecule has 0 bridgehead atoms. The number of nitrogens with zero attached hydrogens (tertiary/aromatic N) is 2. The molecule has 0 N–H and O–H groups in total. The SMILES string of the molecule is CC(C)(C)c1ccc(-c2ccc(N(c3ccc4c(c3)oc3ccccc34)c3cccc4c3C35c6c(cccc6N(c6ccccc6)c6ccccc6)CC3CCC5C4)cc2)cc1. The van der Waals surface area contributed by atoms with Crippen molar-refractivity contribution in [2.75, 3.05) is 9.80 Å². The molecule has 3 unspecified atom stereocenters. The van der Waals surface area contributed by atoms with Gasteiger partial charge in [-0.1, -0.05) is 136 Å². The molecule has 0 radical (unpaired) electrons. The maximum absolute atomic E-state index is 6.60.